The number of nitrogens with zero attached hydrogens (tertiary/aromatic N) is 2. The number of amides is 1. The standard InChI is InChI=1S/C16H27N5O2/c1-9-5-6-10(7-12(9)22)19-14-11(13(17)23)8-18-15(20-14)21-16(2,3)4/h8-10,12,22H,5-7H2,1-4H3,(H2,17,23)(H2,18,19,20,21)/i5D2,9D,10D,12D. The lowest BCUT2D eigenvalue weighted by atomic mass is 9.85. The van der Waals surface area contributed by atoms with Gasteiger partial charge in [-0.15, -0.1) is 0 Å². The molecule has 3 atom stereocenters. The smallest absolute Gasteiger partial charge is 0.254 e. The second-order valence-corrected chi connectivity index (χ2v) is 6.53. The molecule has 7 heteroatoms. The minimum absolute atomic E-state index is 0.107. The quantitative estimate of drug-likeness (QED) is 0.670. The third kappa shape index (κ3) is 4.79. The topological polar surface area (TPSA) is 113 Å². The van der Waals surface area contributed by atoms with Crippen molar-refractivity contribution >= 4 is 17.7 Å². The number of primary amides is 1. The molecule has 0 saturated heterocycles. The number of hydrogen-bond acceptors (Lipinski definition) is 6. The number of nitrogens with one attached hydrogen (secondary N) is 2. The molecular weight excluding hydrogens is 294 g/mol. The van der Waals surface area contributed by atoms with Crippen molar-refractivity contribution in [2.45, 2.75) is 64.5 Å². The van der Waals surface area contributed by atoms with Crippen molar-refractivity contribution in [3.05, 3.63) is 11.8 Å². The monoisotopic (exact) mass is 326 g/mol. The second-order valence-electron chi connectivity index (χ2n) is 6.53. The zero-order chi connectivity index (χ0) is 21.8. The predicted molar refractivity (Wildman–Crippen MR) is 90.4 cm³/mol. The van der Waals surface area contributed by atoms with Crippen LogP contribution in [0.3, 0.4) is 0 Å². The summed E-state index contributed by atoms with van der Waals surface area (Å²) < 4.78 is 40.9. The molecular formula is C16H27N5O2. The Morgan fingerprint density at radius 2 is 2.26 bits per heavy atom. The van der Waals surface area contributed by atoms with Crippen molar-refractivity contribution in [1.82, 2.24) is 9.97 Å². The number of anilines is 2. The SMILES string of the molecule is [2H]C1(Nc2nc(NC(C)(C)C)ncc2C(N)=O)CC([2H])([2H])C([2H])(C)C([2H])(O)C1. The molecule has 0 spiro atoms. The molecule has 2 rings (SSSR count). The van der Waals surface area contributed by atoms with Gasteiger partial charge in [0.15, 0.2) is 0 Å². The number of aliphatic hydroxyl groups is 1. The summed E-state index contributed by atoms with van der Waals surface area (Å²) in [6.45, 7) is 6.76. The van der Waals surface area contributed by atoms with Crippen LogP contribution in [0, 0.1) is 5.89 Å². The van der Waals surface area contributed by atoms with Crippen LogP contribution in [-0.4, -0.2) is 38.6 Å². The summed E-state index contributed by atoms with van der Waals surface area (Å²) in [7, 11) is 0. The summed E-state index contributed by atoms with van der Waals surface area (Å²) in [4.78, 5) is 20.0. The van der Waals surface area contributed by atoms with Crippen LogP contribution >= 0.6 is 0 Å². The minimum atomic E-state index is -2.55. The molecule has 0 aromatic carbocycles. The maximum Gasteiger partial charge on any atom is 0.254 e. The molecule has 0 bridgehead atoms. The molecule has 1 aliphatic rings. The molecule has 3 unspecified atom stereocenters. The van der Waals surface area contributed by atoms with Gasteiger partial charge in [-0.25, -0.2) is 4.98 Å². The molecule has 1 aromatic rings. The normalized spacial score (nSPS) is 40.0. The highest BCUT2D eigenvalue weighted by Crippen LogP contribution is 2.27. The van der Waals surface area contributed by atoms with Gasteiger partial charge in [0, 0.05) is 21.9 Å². The Hall–Kier alpha value is -1.89. The largest absolute Gasteiger partial charge is 0.393 e. The molecule has 1 fully saturated rings. The first-order valence-electron chi connectivity index (χ1n) is 9.85. The first-order chi connectivity index (χ1) is 12.4. The van der Waals surface area contributed by atoms with Gasteiger partial charge in [-0.2, -0.15) is 4.98 Å². The van der Waals surface area contributed by atoms with Crippen LogP contribution in [-0.2, 0) is 0 Å². The van der Waals surface area contributed by atoms with Crippen molar-refractivity contribution in [1.29, 1.82) is 0 Å². The Labute approximate surface area is 144 Å². The molecule has 0 aliphatic heterocycles. The molecule has 1 aliphatic carbocycles. The summed E-state index contributed by atoms with van der Waals surface area (Å²) in [6, 6.07) is -1.90. The molecule has 23 heavy (non-hydrogen) atoms. The molecule has 0 radical (unpaired) electrons. The van der Waals surface area contributed by atoms with Crippen LogP contribution in [0.2, 0.25) is 0 Å². The summed E-state index contributed by atoms with van der Waals surface area (Å²) >= 11 is 0. The summed E-state index contributed by atoms with van der Waals surface area (Å²) in [6.07, 6.45) is -4.80. The van der Waals surface area contributed by atoms with Crippen molar-refractivity contribution < 1.29 is 16.8 Å². The first-order valence-corrected chi connectivity index (χ1v) is 7.35. The average Bonchev–Trinajstić information content (AvgIpc) is 2.41. The molecule has 128 valence electrons. The number of hydrogen-bond donors (Lipinski definition) is 4. The van der Waals surface area contributed by atoms with Crippen LogP contribution in [0.1, 0.15) is 64.1 Å². The second kappa shape index (κ2) is 6.70. The predicted octanol–water partition coefficient (Wildman–Crippen LogP) is 1.75. The summed E-state index contributed by atoms with van der Waals surface area (Å²) in [5.74, 6) is -2.94. The van der Waals surface area contributed by atoms with Crippen molar-refractivity contribution in [2.75, 3.05) is 10.6 Å². The van der Waals surface area contributed by atoms with Gasteiger partial charge in [-0.05, 0) is 45.9 Å². The number of carbonyl (C=O) groups excluding carboxylic acids is 1. The van der Waals surface area contributed by atoms with E-state index in [1.807, 2.05) is 20.8 Å². The van der Waals surface area contributed by atoms with E-state index in [1.165, 1.54) is 6.20 Å². The fourth-order valence-electron chi connectivity index (χ4n) is 2.05. The summed E-state index contributed by atoms with van der Waals surface area (Å²) in [5, 5.41) is 16.1. The van der Waals surface area contributed by atoms with E-state index in [1.54, 1.807) is 0 Å². The highest BCUT2D eigenvalue weighted by atomic mass is 16.3. The zero-order valence-electron chi connectivity index (χ0n) is 18.8. The number of carbonyl (C=O) groups is 1. The van der Waals surface area contributed by atoms with Crippen LogP contribution in [0.15, 0.2) is 6.20 Å². The van der Waals surface area contributed by atoms with Crippen molar-refractivity contribution in [2.24, 2.45) is 11.6 Å². The highest BCUT2D eigenvalue weighted by molar-refractivity contribution is 5.97. The highest BCUT2D eigenvalue weighted by Gasteiger charge is 2.27. The van der Waals surface area contributed by atoms with E-state index in [0.717, 1.165) is 6.92 Å². The lowest BCUT2D eigenvalue weighted by molar-refractivity contribution is 0.0739. The average molecular weight is 326 g/mol. The minimum Gasteiger partial charge on any atom is -0.393 e. The third-order valence-corrected chi connectivity index (χ3v) is 3.22. The lowest BCUT2D eigenvalue weighted by Crippen LogP contribution is -2.36. The van der Waals surface area contributed by atoms with Gasteiger partial charge in [0.25, 0.3) is 5.91 Å². The van der Waals surface area contributed by atoms with Gasteiger partial charge in [-0.3, -0.25) is 4.79 Å². The summed E-state index contributed by atoms with van der Waals surface area (Å²) in [5.41, 5.74) is 4.86. The van der Waals surface area contributed by atoms with Gasteiger partial charge >= 0.3 is 0 Å². The van der Waals surface area contributed by atoms with Gasteiger partial charge in [0.1, 0.15) is 5.82 Å². The van der Waals surface area contributed by atoms with Crippen molar-refractivity contribution in [3.8, 4) is 0 Å². The fraction of sp³-hybridized carbons (Fsp3) is 0.688. The maximum atomic E-state index is 11.8. The Kier molecular flexibility index (Phi) is 3.38. The molecule has 1 saturated carbocycles. The van der Waals surface area contributed by atoms with Crippen LogP contribution in [0.25, 0.3) is 0 Å². The molecule has 1 heterocycles. The Morgan fingerprint density at radius 1 is 1.57 bits per heavy atom. The van der Waals surface area contributed by atoms with Crippen LogP contribution in [0.5, 0.6) is 0 Å². The number of nitrogens with two attached hydrogens (primary N) is 1. The van der Waals surface area contributed by atoms with Gasteiger partial charge in [-0.1, -0.05) is 6.92 Å². The lowest BCUT2D eigenvalue weighted by Gasteiger charge is -2.32. The van der Waals surface area contributed by atoms with Crippen LogP contribution in [0.4, 0.5) is 11.8 Å². The number of rotatable bonds is 4. The van der Waals surface area contributed by atoms with E-state index >= 15 is 0 Å². The maximum absolute atomic E-state index is 11.8. The van der Waals surface area contributed by atoms with E-state index in [-0.39, 0.29) is 22.9 Å². The molecule has 5 N–H and O–H groups in total. The molecule has 1 aromatic heterocycles. The van der Waals surface area contributed by atoms with Gasteiger partial charge in [0.2, 0.25) is 5.95 Å². The first kappa shape index (κ1) is 11.6. The van der Waals surface area contributed by atoms with E-state index in [9.17, 15) is 9.90 Å². The Balaban J connectivity index is 2.45. The molecule has 1 amide bonds. The molecule has 7 nitrogen and oxygen atoms in total. The number of aromatic nitrogens is 2. The van der Waals surface area contributed by atoms with E-state index in [4.69, 9.17) is 12.6 Å². The van der Waals surface area contributed by atoms with Gasteiger partial charge in [0.05, 0.1) is 14.4 Å². The third-order valence-electron chi connectivity index (χ3n) is 3.22. The Morgan fingerprint density at radius 3 is 2.83 bits per heavy atom. The Bertz CT molecular complexity index is 759. The van der Waals surface area contributed by atoms with Crippen molar-refractivity contribution in [3.63, 3.8) is 0 Å². The van der Waals surface area contributed by atoms with E-state index in [2.05, 4.69) is 20.6 Å². The fourth-order valence-corrected chi connectivity index (χ4v) is 2.05. The zero-order valence-corrected chi connectivity index (χ0v) is 13.8. The van der Waals surface area contributed by atoms with E-state index < -0.39 is 43.1 Å². The van der Waals surface area contributed by atoms with E-state index in [0.29, 0.717) is 0 Å². The van der Waals surface area contributed by atoms with Crippen LogP contribution < -0.4 is 16.4 Å². The van der Waals surface area contributed by atoms with Gasteiger partial charge < -0.3 is 21.5 Å².